The summed E-state index contributed by atoms with van der Waals surface area (Å²) in [7, 11) is 0. The van der Waals surface area contributed by atoms with Gasteiger partial charge in [-0.25, -0.2) is 4.98 Å². The summed E-state index contributed by atoms with van der Waals surface area (Å²) in [6, 6.07) is 9.20. The maximum atomic E-state index is 12.4. The normalized spacial score (nSPS) is 14.5. The molecule has 0 saturated carbocycles. The highest BCUT2D eigenvalue weighted by Gasteiger charge is 2.25. The number of nitrogens with two attached hydrogens (primary N) is 1. The second kappa shape index (κ2) is 6.53. The number of nitrogen functional groups attached to an aromatic ring is 1. The van der Waals surface area contributed by atoms with Crippen LogP contribution in [0, 0.1) is 0 Å². The maximum Gasteiger partial charge on any atom is 0.256 e. The van der Waals surface area contributed by atoms with Crippen molar-refractivity contribution in [2.24, 2.45) is 0 Å². The minimum Gasteiger partial charge on any atom is -0.506 e. The van der Waals surface area contributed by atoms with E-state index in [4.69, 9.17) is 5.73 Å². The number of carbonyl (C=O) groups excluding carboxylic acids is 1. The lowest BCUT2D eigenvalue weighted by Gasteiger charge is -2.05. The summed E-state index contributed by atoms with van der Waals surface area (Å²) in [5.41, 5.74) is 10.3. The third kappa shape index (κ3) is 3.04. The number of fused-ring (bicyclic) bond motifs is 1. The molecule has 0 aliphatic carbocycles. The number of rotatable bonds is 2. The summed E-state index contributed by atoms with van der Waals surface area (Å²) in [4.78, 5) is 16.7. The quantitative estimate of drug-likeness (QED) is 0.433. The fraction of sp³-hybridized carbons (Fsp3) is 0. The third-order valence-electron chi connectivity index (χ3n) is 3.97. The fourth-order valence-electron chi connectivity index (χ4n) is 2.75. The van der Waals surface area contributed by atoms with Crippen molar-refractivity contribution in [3.8, 4) is 17.0 Å². The zero-order valence-corrected chi connectivity index (χ0v) is 17.1. The second-order valence-corrected chi connectivity index (χ2v) is 8.27. The van der Waals surface area contributed by atoms with Crippen molar-refractivity contribution < 1.29 is 9.90 Å². The van der Waals surface area contributed by atoms with Crippen LogP contribution in [0.2, 0.25) is 0 Å². The number of nitrogens with one attached hydrogen (secondary N) is 1. The SMILES string of the molecule is Nc1nc(-c2ccc3c(c2)/C(=C/c2cc(Br)c(O)c(Br)c2)C(=O)N3)cs1. The Labute approximate surface area is 169 Å². The van der Waals surface area contributed by atoms with Gasteiger partial charge in [0.25, 0.3) is 5.91 Å². The zero-order valence-electron chi connectivity index (χ0n) is 13.1. The van der Waals surface area contributed by atoms with Gasteiger partial charge in [0.15, 0.2) is 5.13 Å². The monoisotopic (exact) mass is 491 g/mol. The highest BCUT2D eigenvalue weighted by atomic mass is 79.9. The van der Waals surface area contributed by atoms with Crippen LogP contribution in [0.15, 0.2) is 44.7 Å². The van der Waals surface area contributed by atoms with Gasteiger partial charge in [-0.15, -0.1) is 11.3 Å². The molecule has 0 bridgehead atoms. The number of nitrogens with zero attached hydrogens (tertiary/aromatic N) is 1. The molecule has 1 aliphatic heterocycles. The first-order valence-electron chi connectivity index (χ1n) is 7.49. The van der Waals surface area contributed by atoms with Gasteiger partial charge in [0.1, 0.15) is 5.75 Å². The number of halogens is 2. The highest BCUT2D eigenvalue weighted by Crippen LogP contribution is 2.38. The summed E-state index contributed by atoms with van der Waals surface area (Å²) in [5, 5.41) is 15.1. The first-order chi connectivity index (χ1) is 12.4. The minimum absolute atomic E-state index is 0.117. The molecule has 2 aromatic carbocycles. The van der Waals surface area contributed by atoms with E-state index in [9.17, 15) is 9.90 Å². The van der Waals surface area contributed by atoms with Crippen molar-refractivity contribution in [2.45, 2.75) is 0 Å². The number of amides is 1. The van der Waals surface area contributed by atoms with Gasteiger partial charge in [-0.3, -0.25) is 4.79 Å². The molecule has 1 aromatic heterocycles. The van der Waals surface area contributed by atoms with Crippen molar-refractivity contribution in [1.29, 1.82) is 0 Å². The molecule has 0 fully saturated rings. The lowest BCUT2D eigenvalue weighted by atomic mass is 10.0. The Bertz CT molecular complexity index is 1070. The summed E-state index contributed by atoms with van der Waals surface area (Å²) < 4.78 is 1.09. The first kappa shape index (κ1) is 17.3. The summed E-state index contributed by atoms with van der Waals surface area (Å²) in [6.45, 7) is 0. The smallest absolute Gasteiger partial charge is 0.256 e. The predicted octanol–water partition coefficient (Wildman–Crippen LogP) is 5.12. The van der Waals surface area contributed by atoms with Crippen LogP contribution in [0.3, 0.4) is 0 Å². The summed E-state index contributed by atoms with van der Waals surface area (Å²) >= 11 is 7.99. The average molecular weight is 493 g/mol. The average Bonchev–Trinajstić information content (AvgIpc) is 3.16. The van der Waals surface area contributed by atoms with E-state index in [-0.39, 0.29) is 11.7 Å². The molecular formula is C18H11Br2N3O2S. The Balaban J connectivity index is 1.81. The molecule has 0 unspecified atom stereocenters. The van der Waals surface area contributed by atoms with Gasteiger partial charge in [-0.05, 0) is 67.8 Å². The Morgan fingerprint density at radius 2 is 1.92 bits per heavy atom. The third-order valence-corrected chi connectivity index (χ3v) is 5.85. The van der Waals surface area contributed by atoms with Gasteiger partial charge in [0, 0.05) is 27.8 Å². The van der Waals surface area contributed by atoms with E-state index in [1.807, 2.05) is 23.6 Å². The zero-order chi connectivity index (χ0) is 18.4. The van der Waals surface area contributed by atoms with Gasteiger partial charge >= 0.3 is 0 Å². The fourth-order valence-corrected chi connectivity index (χ4v) is 4.54. The maximum absolute atomic E-state index is 12.4. The van der Waals surface area contributed by atoms with Crippen LogP contribution in [-0.4, -0.2) is 16.0 Å². The lowest BCUT2D eigenvalue weighted by Crippen LogP contribution is -2.03. The molecule has 8 heteroatoms. The molecule has 0 radical (unpaired) electrons. The van der Waals surface area contributed by atoms with Gasteiger partial charge in [-0.2, -0.15) is 0 Å². The number of aromatic nitrogens is 1. The predicted molar refractivity (Wildman–Crippen MR) is 112 cm³/mol. The molecule has 4 N–H and O–H groups in total. The summed E-state index contributed by atoms with van der Waals surface area (Å²) in [6.07, 6.45) is 1.79. The second-order valence-electron chi connectivity index (χ2n) is 5.68. The molecule has 26 heavy (non-hydrogen) atoms. The van der Waals surface area contributed by atoms with Crippen molar-refractivity contribution in [3.05, 3.63) is 55.8 Å². The van der Waals surface area contributed by atoms with Gasteiger partial charge < -0.3 is 16.2 Å². The number of phenols is 1. The van der Waals surface area contributed by atoms with Crippen LogP contribution in [0.25, 0.3) is 22.9 Å². The summed E-state index contributed by atoms with van der Waals surface area (Å²) in [5.74, 6) is -0.0536. The largest absolute Gasteiger partial charge is 0.506 e. The molecule has 3 aromatic rings. The van der Waals surface area contributed by atoms with Gasteiger partial charge in [0.2, 0.25) is 0 Å². The number of carbonyl (C=O) groups is 1. The Kier molecular flexibility index (Phi) is 4.34. The molecule has 4 rings (SSSR count). The molecule has 1 aliphatic rings. The number of anilines is 2. The Morgan fingerprint density at radius 1 is 1.19 bits per heavy atom. The molecule has 0 saturated heterocycles. The minimum atomic E-state index is -0.171. The van der Waals surface area contributed by atoms with Crippen LogP contribution in [0.4, 0.5) is 10.8 Å². The van der Waals surface area contributed by atoms with Crippen molar-refractivity contribution >= 4 is 71.6 Å². The van der Waals surface area contributed by atoms with E-state index in [2.05, 4.69) is 42.2 Å². The number of phenolic OH excluding ortho intramolecular Hbond substituents is 1. The van der Waals surface area contributed by atoms with Crippen molar-refractivity contribution in [1.82, 2.24) is 4.98 Å². The van der Waals surface area contributed by atoms with Gasteiger partial charge in [0.05, 0.1) is 14.6 Å². The van der Waals surface area contributed by atoms with Crippen LogP contribution in [0.1, 0.15) is 11.1 Å². The lowest BCUT2D eigenvalue weighted by molar-refractivity contribution is -0.110. The molecule has 2 heterocycles. The van der Waals surface area contributed by atoms with Crippen LogP contribution in [-0.2, 0) is 4.79 Å². The number of hydrogen-bond donors (Lipinski definition) is 3. The highest BCUT2D eigenvalue weighted by molar-refractivity contribution is 9.11. The number of thiazole rings is 1. The molecule has 1 amide bonds. The van der Waals surface area contributed by atoms with E-state index in [1.165, 1.54) is 11.3 Å². The Hall–Kier alpha value is -2.16. The Morgan fingerprint density at radius 3 is 2.58 bits per heavy atom. The van der Waals surface area contributed by atoms with Crippen LogP contribution < -0.4 is 11.1 Å². The molecule has 0 spiro atoms. The molecule has 5 nitrogen and oxygen atoms in total. The molecular weight excluding hydrogens is 482 g/mol. The van der Waals surface area contributed by atoms with Crippen molar-refractivity contribution in [2.75, 3.05) is 11.1 Å². The van der Waals surface area contributed by atoms with E-state index >= 15 is 0 Å². The standard InChI is InChI=1S/C18H11Br2N3O2S/c19-12-4-8(5-13(20)16(12)24)3-11-10-6-9(15-7-26-18(21)23-15)1-2-14(10)22-17(11)25/h1-7,24H,(H2,21,23)(H,22,25)/b11-3-. The number of benzene rings is 2. The van der Waals surface area contributed by atoms with E-state index in [0.29, 0.717) is 19.7 Å². The van der Waals surface area contributed by atoms with E-state index in [0.717, 1.165) is 28.1 Å². The van der Waals surface area contributed by atoms with E-state index < -0.39 is 0 Å². The topological polar surface area (TPSA) is 88.2 Å². The van der Waals surface area contributed by atoms with Crippen LogP contribution >= 0.6 is 43.2 Å². The molecule has 130 valence electrons. The van der Waals surface area contributed by atoms with Crippen molar-refractivity contribution in [3.63, 3.8) is 0 Å². The number of hydrogen-bond acceptors (Lipinski definition) is 5. The van der Waals surface area contributed by atoms with E-state index in [1.54, 1.807) is 18.2 Å². The first-order valence-corrected chi connectivity index (χ1v) is 9.96. The van der Waals surface area contributed by atoms with Gasteiger partial charge in [-0.1, -0.05) is 6.07 Å². The molecule has 0 atom stereocenters. The van der Waals surface area contributed by atoms with Crippen LogP contribution in [0.5, 0.6) is 5.75 Å². The number of aromatic hydroxyl groups is 1.